The molecule has 500 valence electrons. The van der Waals surface area contributed by atoms with Gasteiger partial charge in [0, 0.05) is 77.3 Å². The number of carbonyl (C=O) groups is 3. The third kappa shape index (κ3) is 26.6. The van der Waals surface area contributed by atoms with E-state index in [1.807, 2.05) is 75.8 Å². The number of allylic oxidation sites excluding steroid dienone is 2. The topological polar surface area (TPSA) is 245 Å². The minimum absolute atomic E-state index is 0. The first kappa shape index (κ1) is 80.7. The van der Waals surface area contributed by atoms with E-state index in [-0.39, 0.29) is 78.2 Å². The van der Waals surface area contributed by atoms with E-state index in [1.54, 1.807) is 36.8 Å². The van der Waals surface area contributed by atoms with E-state index in [1.165, 1.54) is 48.4 Å². The predicted molar refractivity (Wildman–Crippen MR) is 372 cm³/mol. The standard InChI is InChI=1S/C14H18N2.2C13H16N3.C13H17NO2.C11H15NO2.C10H13NO2.CH4.Pt/c1-10-7-11(8-15-10)13-6-5-12(9-16-13)14(2,3)4;2*1-9-7-12(16-15-9)11-6-5-10(8-14-11)13(2,3)4;1-9(15)7-12(16)11-6-5-10(8-14-11)13(2,3)4;1-11(2,3)8-5-6-9(12-7-8)10(13)14-4;1-10(2,3)7-4-5-8(9(12)13)11-6-7;;/h5-7,9H,8H2,1-4H3;2*5-8H,1-4H3;5-8,16H,1-4H3;5-7H,1-4H3;4-6H,1-3H3,(H,12,13);1H4;/q;2*-1;;;;;+2. The number of carboxylic acids is 1. The van der Waals surface area contributed by atoms with Gasteiger partial charge in [-0.1, -0.05) is 192 Å². The summed E-state index contributed by atoms with van der Waals surface area (Å²) in [4.78, 5) is 62.1. The molecule has 9 heterocycles. The van der Waals surface area contributed by atoms with Crippen molar-refractivity contribution in [2.75, 3.05) is 13.7 Å². The number of ketones is 1. The zero-order valence-corrected chi connectivity index (χ0v) is 60.4. The normalized spacial score (nSPS) is 12.2. The number of aryl methyl sites for hydroxylation is 2. The van der Waals surface area contributed by atoms with E-state index in [4.69, 9.17) is 5.11 Å². The summed E-state index contributed by atoms with van der Waals surface area (Å²) in [7, 11) is 1.35. The molecule has 1 aliphatic rings. The minimum Gasteiger partial charge on any atom is -0.574 e. The number of methoxy groups -OCH3 is 1. The number of hydrogen-bond donors (Lipinski definition) is 2. The second-order valence-electron chi connectivity index (χ2n) is 28.4. The number of hydrogen-bond acceptors (Lipinski definition) is 14. The van der Waals surface area contributed by atoms with Gasteiger partial charge in [0.1, 0.15) is 22.8 Å². The number of aromatic carboxylic acids is 1. The number of esters is 1. The minimum atomic E-state index is -0.986. The van der Waals surface area contributed by atoms with Gasteiger partial charge in [-0.05, 0) is 136 Å². The Kier molecular flexibility index (Phi) is 29.9. The SMILES string of the molecule is C.CC(=O)C=C(O)c1ccc(C(C)(C)C)cn1.CC(C)(C)c1ccc(C(=O)O)nc1.CC1=NCC(c2ccc(C(C)(C)C)cn2)=C1.COC(=O)c1ccc(C(C)(C)C)cn1.Cc1cc(-c2ccc(C(C)(C)C)cn2)[n-]n1.Cc1cc(-c2ccc(C(C)(C)C)cn2)[n-]n1.[Pt+2]. The van der Waals surface area contributed by atoms with Crippen LogP contribution in [0, 0.1) is 13.8 Å². The molecule has 18 heteroatoms. The van der Waals surface area contributed by atoms with Gasteiger partial charge in [0.25, 0.3) is 0 Å². The maximum Gasteiger partial charge on any atom is 2.00 e. The Morgan fingerprint density at radius 3 is 1.01 bits per heavy atom. The number of aliphatic imine (C=N–C) groups is 1. The van der Waals surface area contributed by atoms with Crippen LogP contribution >= 0.6 is 0 Å². The molecule has 0 aliphatic carbocycles. The summed E-state index contributed by atoms with van der Waals surface area (Å²) in [6.07, 6.45) is 14.1. The van der Waals surface area contributed by atoms with Gasteiger partial charge in [0.2, 0.25) is 0 Å². The summed E-state index contributed by atoms with van der Waals surface area (Å²) in [5.41, 5.74) is 17.0. The van der Waals surface area contributed by atoms with Gasteiger partial charge >= 0.3 is 33.0 Å². The van der Waals surface area contributed by atoms with Gasteiger partial charge < -0.3 is 35.3 Å². The number of ether oxygens (including phenoxy) is 1. The molecule has 8 aromatic rings. The van der Waals surface area contributed by atoms with Crippen molar-refractivity contribution in [3.8, 4) is 22.8 Å². The first-order valence-corrected chi connectivity index (χ1v) is 30.3. The Bertz CT molecular complexity index is 3580. The van der Waals surface area contributed by atoms with E-state index >= 15 is 0 Å². The Morgan fingerprint density at radius 1 is 0.462 bits per heavy atom. The zero-order chi connectivity index (χ0) is 68.5. The second-order valence-corrected chi connectivity index (χ2v) is 28.4. The molecule has 17 nitrogen and oxygen atoms in total. The molecule has 0 saturated carbocycles. The van der Waals surface area contributed by atoms with Gasteiger partial charge in [0.15, 0.2) is 5.78 Å². The Morgan fingerprint density at radius 2 is 0.774 bits per heavy atom. The van der Waals surface area contributed by atoms with Crippen molar-refractivity contribution in [2.45, 2.75) is 192 Å². The molecule has 0 amide bonds. The summed E-state index contributed by atoms with van der Waals surface area (Å²) < 4.78 is 4.56. The number of aromatic nitrogens is 10. The van der Waals surface area contributed by atoms with E-state index in [9.17, 15) is 19.5 Å². The molecule has 0 atom stereocenters. The van der Waals surface area contributed by atoms with E-state index in [2.05, 4.69) is 215 Å². The van der Waals surface area contributed by atoms with Gasteiger partial charge in [-0.15, -0.1) is 0 Å². The van der Waals surface area contributed by atoms with Crippen LogP contribution in [-0.2, 0) is 63.1 Å². The molecule has 0 saturated heterocycles. The summed E-state index contributed by atoms with van der Waals surface area (Å²) in [5, 5.41) is 34.3. The van der Waals surface area contributed by atoms with E-state index in [0.717, 1.165) is 68.8 Å². The fourth-order valence-electron chi connectivity index (χ4n) is 8.02. The Balaban J connectivity index is 0.000000379. The van der Waals surface area contributed by atoms with Crippen LogP contribution in [0.5, 0.6) is 0 Å². The average molecular weight is 1450 g/mol. The molecule has 8 aromatic heterocycles. The number of carbonyl (C=O) groups excluding carboxylic acids is 2. The van der Waals surface area contributed by atoms with E-state index in [0.29, 0.717) is 11.4 Å². The largest absolute Gasteiger partial charge is 2.00 e. The number of aliphatic hydroxyl groups is 1. The van der Waals surface area contributed by atoms with Crippen LogP contribution in [0.3, 0.4) is 0 Å². The molecule has 0 spiro atoms. The maximum absolute atomic E-state index is 11.1. The molecule has 2 N–H and O–H groups in total. The molecule has 0 unspecified atom stereocenters. The van der Waals surface area contributed by atoms with Crippen LogP contribution in [0.1, 0.15) is 223 Å². The summed E-state index contributed by atoms with van der Waals surface area (Å²) >= 11 is 0. The molecular weight excluding hydrogens is 1350 g/mol. The Hall–Kier alpha value is -8.43. The monoisotopic (exact) mass is 1440 g/mol. The predicted octanol–water partition coefficient (Wildman–Crippen LogP) is 16.4. The third-order valence-corrected chi connectivity index (χ3v) is 14.1. The summed E-state index contributed by atoms with van der Waals surface area (Å²) in [6.45, 7) is 46.5. The molecular formula is C75H99N11O6Pt. The fraction of sp³-hybridized carbons (Fsp3) is 0.413. The first-order chi connectivity index (χ1) is 42.1. The summed E-state index contributed by atoms with van der Waals surface area (Å²) in [5.74, 6) is -1.67. The maximum atomic E-state index is 11.1. The molecule has 0 bridgehead atoms. The van der Waals surface area contributed by atoms with Crippen molar-refractivity contribution in [2.24, 2.45) is 4.99 Å². The smallest absolute Gasteiger partial charge is 0.574 e. The number of carboxylic acid groups (broad SMARTS) is 1. The van der Waals surface area contributed by atoms with Crippen molar-refractivity contribution in [3.63, 3.8) is 0 Å². The number of rotatable bonds is 7. The van der Waals surface area contributed by atoms with Crippen molar-refractivity contribution in [1.82, 2.24) is 50.3 Å². The quantitative estimate of drug-likeness (QED) is 0.0856. The molecule has 93 heavy (non-hydrogen) atoms. The Labute approximate surface area is 567 Å². The van der Waals surface area contributed by atoms with Crippen LogP contribution in [0.25, 0.3) is 34.1 Å². The van der Waals surface area contributed by atoms with Crippen molar-refractivity contribution >= 4 is 34.8 Å². The number of pyridine rings is 6. The molecule has 1 aliphatic heterocycles. The number of nitrogens with zero attached hydrogens (tertiary/aromatic N) is 11. The van der Waals surface area contributed by atoms with Crippen LogP contribution in [0.4, 0.5) is 0 Å². The average Bonchev–Trinajstić information content (AvgIpc) is 1.92. The molecule has 0 fully saturated rings. The van der Waals surface area contributed by atoms with Crippen LogP contribution in [0.2, 0.25) is 0 Å². The van der Waals surface area contributed by atoms with Crippen molar-refractivity contribution in [3.05, 3.63) is 202 Å². The molecule has 9 rings (SSSR count). The van der Waals surface area contributed by atoms with Gasteiger partial charge in [-0.25, -0.2) is 19.6 Å². The van der Waals surface area contributed by atoms with Gasteiger partial charge in [0.05, 0.1) is 19.3 Å². The van der Waals surface area contributed by atoms with Crippen LogP contribution in [0.15, 0.2) is 139 Å². The molecule has 0 aromatic carbocycles. The van der Waals surface area contributed by atoms with Gasteiger partial charge in [-0.3, -0.25) is 29.7 Å². The zero-order valence-electron chi connectivity index (χ0n) is 58.2. The van der Waals surface area contributed by atoms with Crippen LogP contribution < -0.4 is 10.2 Å². The number of aliphatic hydroxyl groups excluding tert-OH is 1. The van der Waals surface area contributed by atoms with Gasteiger partial charge in [-0.2, -0.15) is 0 Å². The third-order valence-electron chi connectivity index (χ3n) is 14.1. The van der Waals surface area contributed by atoms with Crippen molar-refractivity contribution < 1.29 is 50.4 Å². The van der Waals surface area contributed by atoms with Crippen molar-refractivity contribution in [1.29, 1.82) is 0 Å². The fourth-order valence-corrected chi connectivity index (χ4v) is 8.02. The first-order valence-electron chi connectivity index (χ1n) is 30.3. The summed E-state index contributed by atoms with van der Waals surface area (Å²) in [6, 6.07) is 26.9. The van der Waals surface area contributed by atoms with Crippen LogP contribution in [-0.4, -0.2) is 87.4 Å². The molecule has 0 radical (unpaired) electrons. The van der Waals surface area contributed by atoms with E-state index < -0.39 is 11.9 Å². The second kappa shape index (κ2) is 34.5.